The third-order valence-corrected chi connectivity index (χ3v) is 5.85. The van der Waals surface area contributed by atoms with Gasteiger partial charge in [-0.15, -0.1) is 0 Å². The fourth-order valence-electron chi connectivity index (χ4n) is 4.11. The van der Waals surface area contributed by atoms with Crippen LogP contribution in [-0.2, 0) is 20.9 Å². The predicted octanol–water partition coefficient (Wildman–Crippen LogP) is 6.77. The van der Waals surface area contributed by atoms with E-state index < -0.39 is 11.6 Å². The van der Waals surface area contributed by atoms with E-state index in [2.05, 4.69) is 6.92 Å². The Morgan fingerprint density at radius 2 is 1.49 bits per heavy atom. The molecule has 0 amide bonds. The summed E-state index contributed by atoms with van der Waals surface area (Å²) in [6, 6.07) is 8.18. The van der Waals surface area contributed by atoms with Gasteiger partial charge in [0.05, 0.1) is 18.8 Å². The zero-order valence-electron chi connectivity index (χ0n) is 24.2. The van der Waals surface area contributed by atoms with Gasteiger partial charge in [0, 0.05) is 13.2 Å². The van der Waals surface area contributed by atoms with Crippen LogP contribution in [-0.4, -0.2) is 48.9 Å². The first-order valence-electron chi connectivity index (χ1n) is 13.9. The van der Waals surface area contributed by atoms with Gasteiger partial charge >= 0.3 is 5.97 Å². The lowest BCUT2D eigenvalue weighted by Gasteiger charge is -2.21. The van der Waals surface area contributed by atoms with Crippen LogP contribution in [0.4, 0.5) is 0 Å². The summed E-state index contributed by atoms with van der Waals surface area (Å²) < 4.78 is 28.1. The lowest BCUT2D eigenvalue weighted by molar-refractivity contribution is -0.157. The highest BCUT2D eigenvalue weighted by Crippen LogP contribution is 2.42. The van der Waals surface area contributed by atoms with Gasteiger partial charge in [0.15, 0.2) is 13.4 Å². The van der Waals surface area contributed by atoms with Crippen molar-refractivity contribution in [3.8, 4) is 34.1 Å². The molecule has 2 aromatic carbocycles. The van der Waals surface area contributed by atoms with Crippen molar-refractivity contribution >= 4 is 5.97 Å². The molecule has 0 aromatic heterocycles. The molecule has 0 atom stereocenters. The third kappa shape index (κ3) is 12.2. The van der Waals surface area contributed by atoms with Crippen LogP contribution in [0.5, 0.6) is 23.0 Å². The van der Waals surface area contributed by atoms with Gasteiger partial charge in [0.2, 0.25) is 0 Å². The number of rotatable bonds is 18. The normalized spacial score (nSPS) is 11.3. The zero-order valence-corrected chi connectivity index (χ0v) is 24.2. The molecule has 0 bridgehead atoms. The number of hydrogen-bond acceptors (Lipinski definition) is 8. The highest BCUT2D eigenvalue weighted by atomic mass is 16.7. The lowest BCUT2D eigenvalue weighted by Crippen LogP contribution is -2.27. The molecule has 0 spiro atoms. The number of phenolic OH excluding ortho intramolecular Hbond substituents is 1. The standard InChI is InChI=1S/C31H46O8/c1-6-7-8-9-10-11-12-13-14-36-27-15-23(20-32)16-28(37-21-29(34)39-31(2,3)4)30(27)24-17-25(33)19-26(18-24)38-22-35-5/h15-19,32-33H,6-14,20-22H2,1-5H3. The van der Waals surface area contributed by atoms with Crippen molar-refractivity contribution in [2.45, 2.75) is 91.3 Å². The van der Waals surface area contributed by atoms with E-state index in [1.54, 1.807) is 45.0 Å². The Morgan fingerprint density at radius 1 is 0.846 bits per heavy atom. The number of methoxy groups -OCH3 is 1. The summed E-state index contributed by atoms with van der Waals surface area (Å²) in [6.45, 7) is 7.50. The van der Waals surface area contributed by atoms with Crippen molar-refractivity contribution in [3.05, 3.63) is 35.9 Å². The number of hydrogen-bond donors (Lipinski definition) is 2. The Balaban J connectivity index is 2.30. The average molecular weight is 547 g/mol. The van der Waals surface area contributed by atoms with Gasteiger partial charge < -0.3 is 33.9 Å². The molecule has 8 heteroatoms. The summed E-state index contributed by atoms with van der Waals surface area (Å²) in [5, 5.41) is 20.3. The minimum Gasteiger partial charge on any atom is -0.508 e. The smallest absolute Gasteiger partial charge is 0.344 e. The van der Waals surface area contributed by atoms with Gasteiger partial charge in [-0.25, -0.2) is 4.79 Å². The van der Waals surface area contributed by atoms with Gasteiger partial charge in [-0.05, 0) is 62.6 Å². The number of carbonyl (C=O) groups is 1. The SMILES string of the molecule is CCCCCCCCCCOc1cc(CO)cc(OCC(=O)OC(C)(C)C)c1-c1cc(O)cc(OCOC)c1. The van der Waals surface area contributed by atoms with Gasteiger partial charge in [-0.1, -0.05) is 51.9 Å². The van der Waals surface area contributed by atoms with Crippen LogP contribution in [0.3, 0.4) is 0 Å². The monoisotopic (exact) mass is 546 g/mol. The second-order valence-corrected chi connectivity index (χ2v) is 10.6. The Labute approximate surface area is 233 Å². The van der Waals surface area contributed by atoms with Crippen molar-refractivity contribution in [1.29, 1.82) is 0 Å². The van der Waals surface area contributed by atoms with Crippen molar-refractivity contribution in [2.75, 3.05) is 27.1 Å². The minimum atomic E-state index is -0.653. The zero-order chi connectivity index (χ0) is 28.7. The lowest BCUT2D eigenvalue weighted by atomic mass is 10.00. The molecule has 0 unspecified atom stereocenters. The average Bonchev–Trinajstić information content (AvgIpc) is 2.88. The number of aliphatic hydroxyl groups excluding tert-OH is 1. The summed E-state index contributed by atoms with van der Waals surface area (Å²) in [6.07, 6.45) is 9.41. The first-order chi connectivity index (χ1) is 18.7. The minimum absolute atomic E-state index is 0.0101. The van der Waals surface area contributed by atoms with Crippen LogP contribution >= 0.6 is 0 Å². The fourth-order valence-corrected chi connectivity index (χ4v) is 4.11. The molecular weight excluding hydrogens is 500 g/mol. The van der Waals surface area contributed by atoms with Crippen LogP contribution in [0.2, 0.25) is 0 Å². The first kappa shape index (κ1) is 32.2. The molecule has 0 saturated heterocycles. The molecule has 0 aliphatic heterocycles. The van der Waals surface area contributed by atoms with E-state index in [9.17, 15) is 15.0 Å². The Bertz CT molecular complexity index is 1010. The molecule has 0 saturated carbocycles. The van der Waals surface area contributed by atoms with Crippen molar-refractivity contribution < 1.29 is 38.7 Å². The predicted molar refractivity (Wildman–Crippen MR) is 151 cm³/mol. The molecule has 218 valence electrons. The maximum Gasteiger partial charge on any atom is 0.344 e. The molecule has 0 radical (unpaired) electrons. The summed E-state index contributed by atoms with van der Waals surface area (Å²) in [5.41, 5.74) is 1.02. The van der Waals surface area contributed by atoms with Crippen molar-refractivity contribution in [1.82, 2.24) is 0 Å². The number of esters is 1. The largest absolute Gasteiger partial charge is 0.508 e. The van der Waals surface area contributed by atoms with E-state index in [1.165, 1.54) is 45.3 Å². The quantitative estimate of drug-likeness (QED) is 0.120. The van der Waals surface area contributed by atoms with E-state index in [-0.39, 0.29) is 25.8 Å². The van der Waals surface area contributed by atoms with Crippen LogP contribution in [0.25, 0.3) is 11.1 Å². The molecule has 0 aliphatic rings. The molecule has 2 N–H and O–H groups in total. The number of unbranched alkanes of at least 4 members (excludes halogenated alkanes) is 7. The first-order valence-corrected chi connectivity index (χ1v) is 13.9. The number of ether oxygens (including phenoxy) is 5. The van der Waals surface area contributed by atoms with Crippen molar-refractivity contribution in [3.63, 3.8) is 0 Å². The summed E-state index contributed by atoms with van der Waals surface area (Å²) in [4.78, 5) is 12.4. The number of carbonyl (C=O) groups excluding carboxylic acids is 1. The van der Waals surface area contributed by atoms with Crippen molar-refractivity contribution in [2.24, 2.45) is 0 Å². The fraction of sp³-hybridized carbons (Fsp3) is 0.581. The van der Waals surface area contributed by atoms with Crippen LogP contribution in [0.15, 0.2) is 30.3 Å². The molecule has 2 aromatic rings. The Kier molecular flexibility index (Phi) is 14.0. The number of phenols is 1. The van der Waals surface area contributed by atoms with E-state index in [0.29, 0.717) is 40.5 Å². The second kappa shape index (κ2) is 16.9. The number of benzene rings is 2. The molecule has 0 heterocycles. The maximum absolute atomic E-state index is 12.4. The number of aromatic hydroxyl groups is 1. The highest BCUT2D eigenvalue weighted by molar-refractivity contribution is 5.80. The van der Waals surface area contributed by atoms with Gasteiger partial charge in [-0.3, -0.25) is 0 Å². The number of aliphatic hydroxyl groups is 1. The van der Waals surface area contributed by atoms with Gasteiger partial charge in [0.1, 0.15) is 28.6 Å². The summed E-state index contributed by atoms with van der Waals surface area (Å²) >= 11 is 0. The third-order valence-electron chi connectivity index (χ3n) is 5.85. The molecule has 0 aliphatic carbocycles. The molecule has 0 fully saturated rings. The topological polar surface area (TPSA) is 104 Å². The maximum atomic E-state index is 12.4. The van der Waals surface area contributed by atoms with Crippen LogP contribution < -0.4 is 14.2 Å². The van der Waals surface area contributed by atoms with Crippen LogP contribution in [0, 0.1) is 0 Å². The van der Waals surface area contributed by atoms with Gasteiger partial charge in [0.25, 0.3) is 0 Å². The molecule has 2 rings (SSSR count). The molecule has 39 heavy (non-hydrogen) atoms. The second-order valence-electron chi connectivity index (χ2n) is 10.6. The van der Waals surface area contributed by atoms with E-state index >= 15 is 0 Å². The summed E-state index contributed by atoms with van der Waals surface area (Å²) in [5.74, 6) is 0.653. The molecular formula is C31H46O8. The van der Waals surface area contributed by atoms with E-state index in [0.717, 1.165) is 19.3 Å². The Morgan fingerprint density at radius 3 is 2.10 bits per heavy atom. The van der Waals surface area contributed by atoms with E-state index in [4.69, 9.17) is 23.7 Å². The Hall–Kier alpha value is -2.97. The van der Waals surface area contributed by atoms with Crippen LogP contribution in [0.1, 0.15) is 84.6 Å². The summed E-state index contributed by atoms with van der Waals surface area (Å²) in [7, 11) is 1.51. The van der Waals surface area contributed by atoms with Gasteiger partial charge in [-0.2, -0.15) is 0 Å². The van der Waals surface area contributed by atoms with E-state index in [1.807, 2.05) is 0 Å². The highest BCUT2D eigenvalue weighted by Gasteiger charge is 2.21. The molecule has 8 nitrogen and oxygen atoms in total.